The molecule has 0 aliphatic heterocycles. The van der Waals surface area contributed by atoms with Crippen LogP contribution in [0.4, 0.5) is 5.69 Å². The van der Waals surface area contributed by atoms with Crippen molar-refractivity contribution in [3.8, 4) is 16.9 Å². The van der Waals surface area contributed by atoms with E-state index in [-0.39, 0.29) is 30.6 Å². The summed E-state index contributed by atoms with van der Waals surface area (Å²) in [7, 11) is 0. The summed E-state index contributed by atoms with van der Waals surface area (Å²) in [5.41, 5.74) is -0.944. The van der Waals surface area contributed by atoms with Gasteiger partial charge in [-0.3, -0.25) is 24.0 Å². The molecule has 0 aliphatic carbocycles. The molecule has 0 amide bonds. The Morgan fingerprint density at radius 3 is 2.17 bits per heavy atom. The van der Waals surface area contributed by atoms with Crippen LogP contribution in [0.5, 0.6) is 0 Å². The Kier molecular flexibility index (Phi) is 6.00. The van der Waals surface area contributed by atoms with Gasteiger partial charge in [0.15, 0.2) is 0 Å². The van der Waals surface area contributed by atoms with E-state index in [1.807, 2.05) is 58.0 Å². The van der Waals surface area contributed by atoms with E-state index in [1.54, 1.807) is 10.9 Å². The van der Waals surface area contributed by atoms with Gasteiger partial charge in [-0.1, -0.05) is 45.9 Å². The monoisotopic (exact) mass is 411 g/mol. The topological polar surface area (TPSA) is 105 Å². The summed E-state index contributed by atoms with van der Waals surface area (Å²) in [4.78, 5) is 37.4. The number of nitro groups is 1. The summed E-state index contributed by atoms with van der Waals surface area (Å²) in [6.07, 6.45) is 3.04. The van der Waals surface area contributed by atoms with Crippen LogP contribution in [-0.4, -0.2) is 23.8 Å². The number of hydrogen-bond acceptors (Lipinski definition) is 5. The predicted molar refractivity (Wildman–Crippen MR) is 114 cm³/mol. The van der Waals surface area contributed by atoms with Crippen molar-refractivity contribution in [2.24, 2.45) is 11.8 Å². The lowest BCUT2D eigenvalue weighted by atomic mass is 10.1. The Hall–Kier alpha value is -3.49. The van der Waals surface area contributed by atoms with Crippen molar-refractivity contribution in [2.75, 3.05) is 0 Å². The molecule has 9 heteroatoms. The molecule has 0 radical (unpaired) electrons. The molecule has 0 saturated heterocycles. The SMILES string of the molecule is CC(C)Cn1c(-c2cnn(-c3ccccc3)c2)c([N+](=O)[O-])c(=O)n(CC(C)C)c1=O. The van der Waals surface area contributed by atoms with Crippen LogP contribution < -0.4 is 11.2 Å². The van der Waals surface area contributed by atoms with Gasteiger partial charge in [0, 0.05) is 24.8 Å². The van der Waals surface area contributed by atoms with Crippen LogP contribution in [0.15, 0.2) is 52.3 Å². The second-order valence-corrected chi connectivity index (χ2v) is 8.06. The zero-order chi connectivity index (χ0) is 22.0. The Balaban J connectivity index is 2.32. The lowest BCUT2D eigenvalue weighted by molar-refractivity contribution is -0.386. The Morgan fingerprint density at radius 1 is 1.00 bits per heavy atom. The lowest BCUT2D eigenvalue weighted by Gasteiger charge is -2.17. The Labute approximate surface area is 173 Å². The van der Waals surface area contributed by atoms with Crippen molar-refractivity contribution >= 4 is 5.69 Å². The number of benzene rings is 1. The van der Waals surface area contributed by atoms with Crippen molar-refractivity contribution in [1.29, 1.82) is 0 Å². The van der Waals surface area contributed by atoms with E-state index in [0.29, 0.717) is 5.56 Å². The fourth-order valence-electron chi connectivity index (χ4n) is 3.37. The number of para-hydroxylation sites is 1. The van der Waals surface area contributed by atoms with Gasteiger partial charge in [-0.25, -0.2) is 9.48 Å². The van der Waals surface area contributed by atoms with Crippen LogP contribution in [0, 0.1) is 22.0 Å². The lowest BCUT2D eigenvalue weighted by Crippen LogP contribution is -2.43. The molecular formula is C21H25N5O4. The highest BCUT2D eigenvalue weighted by Gasteiger charge is 2.30. The molecule has 2 heterocycles. The summed E-state index contributed by atoms with van der Waals surface area (Å²) in [6.45, 7) is 7.87. The molecule has 9 nitrogen and oxygen atoms in total. The van der Waals surface area contributed by atoms with Crippen molar-refractivity contribution in [3.05, 3.63) is 73.7 Å². The zero-order valence-corrected chi connectivity index (χ0v) is 17.5. The van der Waals surface area contributed by atoms with Gasteiger partial charge in [-0.15, -0.1) is 0 Å². The number of nitrogens with zero attached hydrogens (tertiary/aromatic N) is 5. The van der Waals surface area contributed by atoms with Crippen LogP contribution in [0.25, 0.3) is 16.9 Å². The quantitative estimate of drug-likeness (QED) is 0.439. The largest absolute Gasteiger partial charge is 0.358 e. The molecule has 0 unspecified atom stereocenters. The minimum atomic E-state index is -0.888. The van der Waals surface area contributed by atoms with E-state index in [4.69, 9.17) is 0 Å². The first kappa shape index (κ1) is 21.2. The molecule has 3 rings (SSSR count). The molecular weight excluding hydrogens is 386 g/mol. The number of aromatic nitrogens is 4. The molecule has 0 saturated carbocycles. The van der Waals surface area contributed by atoms with Crippen molar-refractivity contribution in [2.45, 2.75) is 40.8 Å². The molecule has 3 aromatic rings. The molecule has 2 aromatic heterocycles. The van der Waals surface area contributed by atoms with Crippen LogP contribution in [0.3, 0.4) is 0 Å². The summed E-state index contributed by atoms with van der Waals surface area (Å²) in [5.74, 6) is 0.0180. The third-order valence-corrected chi connectivity index (χ3v) is 4.56. The first-order valence-electron chi connectivity index (χ1n) is 9.83. The third-order valence-electron chi connectivity index (χ3n) is 4.56. The van der Waals surface area contributed by atoms with E-state index >= 15 is 0 Å². The van der Waals surface area contributed by atoms with Crippen LogP contribution in [0.2, 0.25) is 0 Å². The molecule has 158 valence electrons. The highest BCUT2D eigenvalue weighted by Crippen LogP contribution is 2.27. The van der Waals surface area contributed by atoms with Gasteiger partial charge in [0.25, 0.3) is 0 Å². The van der Waals surface area contributed by atoms with Gasteiger partial charge < -0.3 is 0 Å². The summed E-state index contributed by atoms with van der Waals surface area (Å²) in [6, 6.07) is 9.25. The average Bonchev–Trinajstić information content (AvgIpc) is 3.16. The van der Waals surface area contributed by atoms with Gasteiger partial charge in [0.2, 0.25) is 0 Å². The fourth-order valence-corrected chi connectivity index (χ4v) is 3.37. The maximum Gasteiger partial charge on any atom is 0.358 e. The second kappa shape index (κ2) is 8.48. The zero-order valence-electron chi connectivity index (χ0n) is 17.5. The smallest absolute Gasteiger partial charge is 0.287 e. The van der Waals surface area contributed by atoms with Crippen molar-refractivity contribution in [1.82, 2.24) is 18.9 Å². The van der Waals surface area contributed by atoms with E-state index in [1.165, 1.54) is 10.8 Å². The van der Waals surface area contributed by atoms with E-state index in [0.717, 1.165) is 10.3 Å². The summed E-state index contributed by atoms with van der Waals surface area (Å²) in [5, 5.41) is 16.2. The first-order chi connectivity index (χ1) is 14.2. The Bertz CT molecular complexity index is 1170. The van der Waals surface area contributed by atoms with Gasteiger partial charge >= 0.3 is 16.9 Å². The summed E-state index contributed by atoms with van der Waals surface area (Å²) < 4.78 is 3.86. The van der Waals surface area contributed by atoms with E-state index in [9.17, 15) is 19.7 Å². The predicted octanol–water partition coefficient (Wildman–Crippen LogP) is 3.08. The molecule has 0 aliphatic rings. The van der Waals surface area contributed by atoms with Crippen LogP contribution >= 0.6 is 0 Å². The molecule has 0 fully saturated rings. The molecule has 0 N–H and O–H groups in total. The van der Waals surface area contributed by atoms with Gasteiger partial charge in [-0.2, -0.15) is 5.10 Å². The molecule has 0 bridgehead atoms. The maximum absolute atomic E-state index is 13.2. The minimum Gasteiger partial charge on any atom is -0.287 e. The van der Waals surface area contributed by atoms with Crippen LogP contribution in [0.1, 0.15) is 27.7 Å². The highest BCUT2D eigenvalue weighted by atomic mass is 16.6. The fraction of sp³-hybridized carbons (Fsp3) is 0.381. The molecule has 0 atom stereocenters. The standard InChI is InChI=1S/C21H25N5O4/c1-14(2)11-23-18(16-10-22-25(13-16)17-8-6-5-7-9-17)19(26(29)30)20(27)24(21(23)28)12-15(3)4/h5-10,13-15H,11-12H2,1-4H3. The summed E-state index contributed by atoms with van der Waals surface area (Å²) >= 11 is 0. The third kappa shape index (κ3) is 4.10. The van der Waals surface area contributed by atoms with Gasteiger partial charge in [-0.05, 0) is 24.0 Å². The van der Waals surface area contributed by atoms with Gasteiger partial charge in [0.05, 0.1) is 16.8 Å². The van der Waals surface area contributed by atoms with Gasteiger partial charge in [0.1, 0.15) is 5.69 Å². The number of hydrogen-bond donors (Lipinski definition) is 0. The van der Waals surface area contributed by atoms with Crippen LogP contribution in [-0.2, 0) is 13.1 Å². The highest BCUT2D eigenvalue weighted by molar-refractivity contribution is 5.68. The first-order valence-corrected chi connectivity index (χ1v) is 9.83. The van der Waals surface area contributed by atoms with E-state index < -0.39 is 21.9 Å². The van der Waals surface area contributed by atoms with E-state index in [2.05, 4.69) is 5.10 Å². The van der Waals surface area contributed by atoms with Crippen molar-refractivity contribution in [3.63, 3.8) is 0 Å². The average molecular weight is 411 g/mol. The Morgan fingerprint density at radius 2 is 1.60 bits per heavy atom. The van der Waals surface area contributed by atoms with Crippen molar-refractivity contribution < 1.29 is 4.92 Å². The molecule has 0 spiro atoms. The second-order valence-electron chi connectivity index (χ2n) is 8.06. The molecule has 1 aromatic carbocycles. The normalized spacial score (nSPS) is 11.4. The number of rotatable bonds is 7. The maximum atomic E-state index is 13.2. The minimum absolute atomic E-state index is 0.00844. The molecule has 30 heavy (non-hydrogen) atoms.